The number of aliphatic hydroxyl groups is 1. The Morgan fingerprint density at radius 2 is 2.14 bits per heavy atom. The van der Waals surface area contributed by atoms with Crippen LogP contribution in [0.2, 0.25) is 0 Å². The van der Waals surface area contributed by atoms with E-state index in [1.807, 2.05) is 6.07 Å². The number of fused-ring (bicyclic) bond motifs is 1. The molecule has 4 heterocycles. The Morgan fingerprint density at radius 3 is 2.82 bits per heavy atom. The van der Waals surface area contributed by atoms with Gasteiger partial charge in [0.1, 0.15) is 18.2 Å². The van der Waals surface area contributed by atoms with Crippen molar-refractivity contribution in [3.8, 4) is 6.07 Å². The molecule has 2 fully saturated rings. The van der Waals surface area contributed by atoms with Gasteiger partial charge in [0.25, 0.3) is 5.56 Å². The van der Waals surface area contributed by atoms with Crippen LogP contribution in [0.15, 0.2) is 29.7 Å². The summed E-state index contributed by atoms with van der Waals surface area (Å²) in [6, 6.07) is 3.51. The molecule has 0 aromatic carbocycles. The highest BCUT2D eigenvalue weighted by molar-refractivity contribution is 8.07. The van der Waals surface area contributed by atoms with Gasteiger partial charge in [-0.25, -0.2) is 15.0 Å². The molecule has 0 bridgehead atoms. The van der Waals surface area contributed by atoms with Crippen molar-refractivity contribution < 1.29 is 42.2 Å². The molecule has 0 spiro atoms. The molecule has 50 heavy (non-hydrogen) atoms. The molecule has 0 radical (unpaired) electrons. The summed E-state index contributed by atoms with van der Waals surface area (Å²) in [6.45, 7) is 0.879. The summed E-state index contributed by atoms with van der Waals surface area (Å²) in [4.78, 5) is 54.0. The normalized spacial score (nSPS) is 26.9. The zero-order chi connectivity index (χ0) is 36.0. The van der Waals surface area contributed by atoms with Gasteiger partial charge in [0.2, 0.25) is 11.9 Å². The summed E-state index contributed by atoms with van der Waals surface area (Å²) in [5.74, 6) is -1.17. The van der Waals surface area contributed by atoms with Crippen LogP contribution < -0.4 is 16.2 Å². The van der Waals surface area contributed by atoms with Crippen LogP contribution in [0.1, 0.15) is 46.3 Å². The van der Waals surface area contributed by atoms with Crippen LogP contribution in [-0.2, 0) is 44.0 Å². The van der Waals surface area contributed by atoms with Crippen LogP contribution in [0.4, 0.5) is 11.8 Å². The molecule has 9 atom stereocenters. The number of hydrogen-bond donors (Lipinski definition) is 5. The number of carbonyl (C=O) groups excluding carboxylic acids is 1. The third kappa shape index (κ3) is 9.17. The second-order valence-corrected chi connectivity index (χ2v) is 15.9. The van der Waals surface area contributed by atoms with E-state index in [2.05, 4.69) is 35.6 Å². The molecule has 19 nitrogen and oxygen atoms in total. The van der Waals surface area contributed by atoms with E-state index in [1.165, 1.54) is 17.2 Å². The van der Waals surface area contributed by atoms with E-state index in [9.17, 15) is 29.4 Å². The molecule has 5 N–H and O–H groups in total. The standard InChI is InChI=1S/C28H39N9O10P2S/c1-15(2)25(39)35-28-34-24-22(26(40)36-28)32-14-37(24)27-23(16(3)20(11-38)45-27)47-49(50,43-8-4-6-29)44-12-17-9-18(10-19(17)46-48(41)42)33-21-5-7-30-13-31-21/h5,7,13-20,23,27,38,48H,4,8-12H2,1-3H3,(H,41,42)(H,30,31,33)(H2,34,35,36,39,40)/t16-,17-,18-,19+,20-,23-,27-,49?/m1/s1. The average Bonchev–Trinajstić information content (AvgIpc) is 3.75. The van der Waals surface area contributed by atoms with E-state index in [4.69, 9.17) is 34.6 Å². The first kappa shape index (κ1) is 38.0. The molecule has 2 unspecified atom stereocenters. The Balaban J connectivity index is 1.40. The molecule has 3 aromatic rings. The van der Waals surface area contributed by atoms with Gasteiger partial charge in [0.05, 0.1) is 50.8 Å². The molecule has 1 saturated carbocycles. The van der Waals surface area contributed by atoms with Gasteiger partial charge in [0, 0.05) is 30.0 Å². The SMILES string of the molecule is CC(C)C(=O)Nc1nc2c(ncn2[C@@H]2O[C@H](CO)[C@@H](C)[C@H]2OP(=S)(OCCC#N)OC[C@H]2C[C@@H](Nc3ccncn3)C[C@@H]2O[PH](=O)O)c(=O)[nH]1. The van der Waals surface area contributed by atoms with Gasteiger partial charge in [-0.2, -0.15) is 10.2 Å². The van der Waals surface area contributed by atoms with E-state index in [1.54, 1.807) is 33.0 Å². The molecular weight excluding hydrogens is 716 g/mol. The second-order valence-electron chi connectivity index (χ2n) is 12.1. The maximum absolute atomic E-state index is 12.9. The average molecular weight is 756 g/mol. The smallest absolute Gasteiger partial charge is 0.327 e. The first-order valence-electron chi connectivity index (χ1n) is 15.8. The number of H-pyrrole nitrogens is 1. The highest BCUT2D eigenvalue weighted by atomic mass is 32.5. The third-order valence-electron chi connectivity index (χ3n) is 8.33. The molecule has 1 aliphatic carbocycles. The number of aromatic amines is 1. The van der Waals surface area contributed by atoms with Gasteiger partial charge in [-0.05, 0) is 30.7 Å². The van der Waals surface area contributed by atoms with Crippen molar-refractivity contribution in [3.63, 3.8) is 0 Å². The Hall–Kier alpha value is -3.21. The number of anilines is 2. The van der Waals surface area contributed by atoms with Crippen molar-refractivity contribution in [1.82, 2.24) is 29.5 Å². The Morgan fingerprint density at radius 1 is 1.34 bits per heavy atom. The number of hydrogen-bond acceptors (Lipinski definition) is 16. The molecule has 22 heteroatoms. The van der Waals surface area contributed by atoms with Crippen LogP contribution in [0, 0.1) is 29.1 Å². The number of aliphatic hydroxyl groups excluding tert-OH is 1. The molecule has 272 valence electrons. The van der Waals surface area contributed by atoms with Crippen molar-refractivity contribution in [1.29, 1.82) is 5.26 Å². The van der Waals surface area contributed by atoms with E-state index >= 15 is 0 Å². The Labute approximate surface area is 292 Å². The summed E-state index contributed by atoms with van der Waals surface area (Å²) < 4.78 is 43.3. The molecule has 5 rings (SSSR count). The second kappa shape index (κ2) is 16.9. The first-order chi connectivity index (χ1) is 23.9. The lowest BCUT2D eigenvalue weighted by atomic mass is 10.0. The van der Waals surface area contributed by atoms with Crippen LogP contribution in [0.3, 0.4) is 0 Å². The minimum Gasteiger partial charge on any atom is -0.394 e. The van der Waals surface area contributed by atoms with E-state index in [-0.39, 0.29) is 61.2 Å². The number of nitrogens with zero attached hydrogens (tertiary/aromatic N) is 6. The summed E-state index contributed by atoms with van der Waals surface area (Å²) in [7, 11) is -3.29. The third-order valence-corrected chi connectivity index (χ3v) is 11.2. The van der Waals surface area contributed by atoms with Gasteiger partial charge in [0.15, 0.2) is 17.4 Å². The van der Waals surface area contributed by atoms with E-state index in [0.717, 1.165) is 0 Å². The predicted octanol–water partition coefficient (Wildman–Crippen LogP) is 2.24. The summed E-state index contributed by atoms with van der Waals surface area (Å²) >= 11 is 5.86. The topological polar surface area (TPSA) is 258 Å². The number of carbonyl (C=O) groups is 1. The monoisotopic (exact) mass is 755 g/mol. The van der Waals surface area contributed by atoms with Crippen LogP contribution in [0.5, 0.6) is 0 Å². The van der Waals surface area contributed by atoms with Crippen molar-refractivity contribution in [2.75, 3.05) is 30.5 Å². The fourth-order valence-electron chi connectivity index (χ4n) is 5.74. The van der Waals surface area contributed by atoms with Gasteiger partial charge in [-0.3, -0.25) is 29.0 Å². The highest BCUT2D eigenvalue weighted by Crippen LogP contribution is 2.56. The number of imidazole rings is 1. The van der Waals surface area contributed by atoms with E-state index in [0.29, 0.717) is 18.7 Å². The number of aromatic nitrogens is 6. The molecule has 2 aliphatic rings. The Kier molecular flexibility index (Phi) is 12.8. The maximum atomic E-state index is 12.9. The zero-order valence-electron chi connectivity index (χ0n) is 27.4. The summed E-state index contributed by atoms with van der Waals surface area (Å²) in [5, 5.41) is 25.2. The lowest BCUT2D eigenvalue weighted by Gasteiger charge is -2.30. The van der Waals surface area contributed by atoms with E-state index < -0.39 is 56.9 Å². The fraction of sp³-hybridized carbons (Fsp3) is 0.607. The lowest BCUT2D eigenvalue weighted by Crippen LogP contribution is -2.29. The number of nitriles is 1. The van der Waals surface area contributed by atoms with Gasteiger partial charge in [-0.1, -0.05) is 20.8 Å². The summed E-state index contributed by atoms with van der Waals surface area (Å²) in [5.41, 5.74) is -0.560. The van der Waals surface area contributed by atoms with Crippen molar-refractivity contribution in [2.45, 2.75) is 70.6 Å². The number of rotatable bonds is 16. The minimum absolute atomic E-state index is 0.0131. The molecule has 1 amide bonds. The number of ether oxygens (including phenoxy) is 1. The fourth-order valence-corrected chi connectivity index (χ4v) is 8.47. The summed E-state index contributed by atoms with van der Waals surface area (Å²) in [6.07, 6.45) is 1.76. The van der Waals surface area contributed by atoms with Crippen molar-refractivity contribution in [3.05, 3.63) is 35.3 Å². The van der Waals surface area contributed by atoms with Crippen molar-refractivity contribution >= 4 is 55.6 Å². The van der Waals surface area contributed by atoms with Gasteiger partial charge >= 0.3 is 15.0 Å². The van der Waals surface area contributed by atoms with Gasteiger partial charge < -0.3 is 38.1 Å². The minimum atomic E-state index is -3.71. The largest absolute Gasteiger partial charge is 0.394 e. The quantitative estimate of drug-likeness (QED) is 0.104. The maximum Gasteiger partial charge on any atom is 0.327 e. The molecular formula is C28H39N9O10P2S. The van der Waals surface area contributed by atoms with Gasteiger partial charge in [-0.15, -0.1) is 0 Å². The molecule has 1 saturated heterocycles. The van der Waals surface area contributed by atoms with Crippen LogP contribution in [0.25, 0.3) is 11.2 Å². The van der Waals surface area contributed by atoms with Crippen molar-refractivity contribution in [2.24, 2.45) is 17.8 Å². The lowest BCUT2D eigenvalue weighted by molar-refractivity contribution is -0.118. The zero-order valence-corrected chi connectivity index (χ0v) is 30.1. The van der Waals surface area contributed by atoms with Crippen LogP contribution in [-0.4, -0.2) is 89.6 Å². The first-order valence-corrected chi connectivity index (χ1v) is 19.6. The number of nitrogens with one attached hydrogen (secondary N) is 3. The highest BCUT2D eigenvalue weighted by Gasteiger charge is 2.48. The Bertz CT molecular complexity index is 1810. The predicted molar refractivity (Wildman–Crippen MR) is 181 cm³/mol. The number of amides is 1. The molecule has 3 aromatic heterocycles. The molecule has 1 aliphatic heterocycles. The van der Waals surface area contributed by atoms with Crippen LogP contribution >= 0.6 is 15.0 Å².